The van der Waals surface area contributed by atoms with Crippen molar-refractivity contribution in [1.29, 1.82) is 0 Å². The van der Waals surface area contributed by atoms with Crippen LogP contribution in [0.15, 0.2) is 18.2 Å². The summed E-state index contributed by atoms with van der Waals surface area (Å²) in [4.78, 5) is 0. The summed E-state index contributed by atoms with van der Waals surface area (Å²) in [6, 6.07) is 6.15. The van der Waals surface area contributed by atoms with Crippen LogP contribution in [-0.2, 0) is 6.54 Å². The first kappa shape index (κ1) is 7.71. The van der Waals surface area contributed by atoms with Gasteiger partial charge in [-0.05, 0) is 23.4 Å². The molecule has 2 N–H and O–H groups in total. The normalized spacial score (nSPS) is 9.90. The van der Waals surface area contributed by atoms with Crippen LogP contribution in [0.5, 0.6) is 0 Å². The molecule has 1 aromatic carbocycles. The van der Waals surface area contributed by atoms with E-state index >= 15 is 0 Å². The second kappa shape index (κ2) is 3.14. The Kier molecular flexibility index (Phi) is 2.42. The fraction of sp³-hybridized carbons (Fsp3) is 0.250. The highest BCUT2D eigenvalue weighted by atomic mass is 31.0. The molecule has 0 aromatic heterocycles. The summed E-state index contributed by atoms with van der Waals surface area (Å²) >= 11 is 0. The van der Waals surface area contributed by atoms with Gasteiger partial charge in [0.1, 0.15) is 0 Å². The van der Waals surface area contributed by atoms with Gasteiger partial charge in [0.15, 0.2) is 0 Å². The Morgan fingerprint density at radius 3 is 2.70 bits per heavy atom. The number of benzene rings is 1. The van der Waals surface area contributed by atoms with Crippen molar-refractivity contribution in [2.45, 2.75) is 13.5 Å². The lowest BCUT2D eigenvalue weighted by Gasteiger charge is -2.04. The third-order valence-corrected chi connectivity index (χ3v) is 2.33. The van der Waals surface area contributed by atoms with Crippen LogP contribution in [-0.4, -0.2) is 0 Å². The SMILES string of the molecule is Cc1c(P)cccc1CN. The van der Waals surface area contributed by atoms with Crippen molar-refractivity contribution in [2.75, 3.05) is 0 Å². The second-order valence-electron chi connectivity index (χ2n) is 2.34. The number of hydrogen-bond acceptors (Lipinski definition) is 1. The lowest BCUT2D eigenvalue weighted by molar-refractivity contribution is 1.05. The zero-order valence-corrected chi connectivity index (χ0v) is 7.25. The Morgan fingerprint density at radius 2 is 2.20 bits per heavy atom. The van der Waals surface area contributed by atoms with Crippen molar-refractivity contribution in [3.63, 3.8) is 0 Å². The molecule has 0 amide bonds. The molecule has 1 aromatic rings. The summed E-state index contributed by atoms with van der Waals surface area (Å²) in [6.07, 6.45) is 0. The maximum Gasteiger partial charge on any atom is 0.0180 e. The van der Waals surface area contributed by atoms with Gasteiger partial charge in [0.2, 0.25) is 0 Å². The maximum absolute atomic E-state index is 5.51. The molecule has 0 saturated carbocycles. The molecule has 10 heavy (non-hydrogen) atoms. The van der Waals surface area contributed by atoms with E-state index in [-0.39, 0.29) is 0 Å². The van der Waals surface area contributed by atoms with Crippen LogP contribution >= 0.6 is 9.24 Å². The highest BCUT2D eigenvalue weighted by molar-refractivity contribution is 7.27. The Morgan fingerprint density at radius 1 is 1.50 bits per heavy atom. The molecule has 0 bridgehead atoms. The molecule has 1 nitrogen and oxygen atoms in total. The molecule has 1 rings (SSSR count). The van der Waals surface area contributed by atoms with Crippen LogP contribution < -0.4 is 11.0 Å². The lowest BCUT2D eigenvalue weighted by Crippen LogP contribution is -2.05. The van der Waals surface area contributed by atoms with Gasteiger partial charge in [-0.15, -0.1) is 9.24 Å². The molecule has 0 aliphatic rings. The molecule has 0 spiro atoms. The van der Waals surface area contributed by atoms with Gasteiger partial charge in [0, 0.05) is 6.54 Å². The van der Waals surface area contributed by atoms with E-state index in [0.717, 1.165) is 0 Å². The number of hydrogen-bond donors (Lipinski definition) is 1. The van der Waals surface area contributed by atoms with E-state index in [9.17, 15) is 0 Å². The van der Waals surface area contributed by atoms with E-state index in [1.54, 1.807) is 0 Å². The van der Waals surface area contributed by atoms with Gasteiger partial charge in [-0.1, -0.05) is 18.2 Å². The summed E-state index contributed by atoms with van der Waals surface area (Å²) < 4.78 is 0. The van der Waals surface area contributed by atoms with E-state index in [2.05, 4.69) is 28.3 Å². The van der Waals surface area contributed by atoms with Crippen LogP contribution in [0.3, 0.4) is 0 Å². The van der Waals surface area contributed by atoms with Gasteiger partial charge in [-0.3, -0.25) is 0 Å². The minimum atomic E-state index is 0.633. The van der Waals surface area contributed by atoms with Crippen LogP contribution in [0.1, 0.15) is 11.1 Å². The van der Waals surface area contributed by atoms with Crippen LogP contribution in [0.4, 0.5) is 0 Å². The van der Waals surface area contributed by atoms with Crippen LogP contribution in [0.25, 0.3) is 0 Å². The van der Waals surface area contributed by atoms with Gasteiger partial charge in [0.25, 0.3) is 0 Å². The minimum absolute atomic E-state index is 0.633. The van der Waals surface area contributed by atoms with Crippen molar-refractivity contribution in [3.05, 3.63) is 29.3 Å². The van der Waals surface area contributed by atoms with E-state index in [4.69, 9.17) is 5.73 Å². The molecule has 2 heteroatoms. The Bertz CT molecular complexity index is 233. The highest BCUT2D eigenvalue weighted by Gasteiger charge is 1.96. The predicted octanol–water partition coefficient (Wildman–Crippen LogP) is 0.954. The van der Waals surface area contributed by atoms with Gasteiger partial charge in [-0.2, -0.15) is 0 Å². The lowest BCUT2D eigenvalue weighted by atomic mass is 10.1. The molecule has 0 aliphatic heterocycles. The van der Waals surface area contributed by atoms with Crippen molar-refractivity contribution in [2.24, 2.45) is 5.73 Å². The first-order valence-corrected chi connectivity index (χ1v) is 3.87. The molecule has 1 unspecified atom stereocenters. The Hall–Kier alpha value is -0.390. The van der Waals surface area contributed by atoms with Crippen LogP contribution in [0, 0.1) is 6.92 Å². The molecule has 1 atom stereocenters. The van der Waals surface area contributed by atoms with Crippen molar-refractivity contribution in [1.82, 2.24) is 0 Å². The smallest absolute Gasteiger partial charge is 0.0180 e. The zero-order valence-electron chi connectivity index (χ0n) is 6.09. The quantitative estimate of drug-likeness (QED) is 0.597. The molecule has 0 heterocycles. The fourth-order valence-corrected chi connectivity index (χ4v) is 1.22. The third-order valence-electron chi connectivity index (χ3n) is 1.71. The molecule has 54 valence electrons. The van der Waals surface area contributed by atoms with Crippen molar-refractivity contribution < 1.29 is 0 Å². The first-order chi connectivity index (χ1) is 4.75. The van der Waals surface area contributed by atoms with Gasteiger partial charge >= 0.3 is 0 Å². The third kappa shape index (κ3) is 1.36. The van der Waals surface area contributed by atoms with Crippen molar-refractivity contribution >= 4 is 14.5 Å². The number of nitrogens with two attached hydrogens (primary N) is 1. The predicted molar refractivity (Wildman–Crippen MR) is 48.4 cm³/mol. The van der Waals surface area contributed by atoms with Gasteiger partial charge in [0.05, 0.1) is 0 Å². The summed E-state index contributed by atoms with van der Waals surface area (Å²) in [6.45, 7) is 2.72. The summed E-state index contributed by atoms with van der Waals surface area (Å²) in [5, 5.41) is 1.24. The molecule has 0 fully saturated rings. The first-order valence-electron chi connectivity index (χ1n) is 3.29. The molecular formula is C8H12NP. The average Bonchev–Trinajstić information content (AvgIpc) is 1.95. The summed E-state index contributed by atoms with van der Waals surface area (Å²) in [5.74, 6) is 0. The molecule has 0 radical (unpaired) electrons. The molecule has 0 aliphatic carbocycles. The minimum Gasteiger partial charge on any atom is -0.326 e. The maximum atomic E-state index is 5.51. The molecule has 0 saturated heterocycles. The van der Waals surface area contributed by atoms with Crippen molar-refractivity contribution in [3.8, 4) is 0 Å². The van der Waals surface area contributed by atoms with E-state index in [1.807, 2.05) is 6.07 Å². The average molecular weight is 153 g/mol. The monoisotopic (exact) mass is 153 g/mol. The zero-order chi connectivity index (χ0) is 7.56. The standard InChI is InChI=1S/C8H12NP/c1-6-7(5-9)3-2-4-8(6)10/h2-4H,5,9-10H2,1H3. The van der Waals surface area contributed by atoms with E-state index in [1.165, 1.54) is 16.4 Å². The fourth-order valence-electron chi connectivity index (χ4n) is 0.924. The Balaban J connectivity index is 3.14. The van der Waals surface area contributed by atoms with Gasteiger partial charge in [-0.25, -0.2) is 0 Å². The summed E-state index contributed by atoms with van der Waals surface area (Å²) in [7, 11) is 2.69. The topological polar surface area (TPSA) is 26.0 Å². The second-order valence-corrected chi connectivity index (χ2v) is 2.96. The number of rotatable bonds is 1. The summed E-state index contributed by atoms with van der Waals surface area (Å²) in [5.41, 5.74) is 8.03. The van der Waals surface area contributed by atoms with E-state index in [0.29, 0.717) is 6.54 Å². The Labute approximate surface area is 63.8 Å². The largest absolute Gasteiger partial charge is 0.326 e. The van der Waals surface area contributed by atoms with E-state index < -0.39 is 0 Å². The highest BCUT2D eigenvalue weighted by Crippen LogP contribution is 2.05. The molecular weight excluding hydrogens is 141 g/mol. The van der Waals surface area contributed by atoms with Crippen LogP contribution in [0.2, 0.25) is 0 Å². The van der Waals surface area contributed by atoms with Gasteiger partial charge < -0.3 is 5.73 Å².